The minimum Gasteiger partial charge on any atom is -0.358 e. The van der Waals surface area contributed by atoms with Crippen LogP contribution in [0, 0.1) is 25.2 Å². The summed E-state index contributed by atoms with van der Waals surface area (Å²) in [5.74, 6) is -0.231. The van der Waals surface area contributed by atoms with Gasteiger partial charge in [0.15, 0.2) is 0 Å². The lowest BCUT2D eigenvalue weighted by molar-refractivity contribution is 0.104. The van der Waals surface area contributed by atoms with Crippen molar-refractivity contribution in [1.82, 2.24) is 4.98 Å². The van der Waals surface area contributed by atoms with Gasteiger partial charge in [-0.15, -0.1) is 11.3 Å². The van der Waals surface area contributed by atoms with Crippen molar-refractivity contribution in [2.24, 2.45) is 0 Å². The van der Waals surface area contributed by atoms with Crippen LogP contribution in [0.5, 0.6) is 0 Å². The molecule has 3 nitrogen and oxygen atoms in total. The standard InChI is InChI=1S/C18H14N2OS/c1-11-7-8-22-16(11)9-13(10-19)18(21)17-12(2)20-15-6-4-3-5-14(15)17/h3-9,20H,1-2H3. The zero-order valence-electron chi connectivity index (χ0n) is 12.3. The van der Waals surface area contributed by atoms with Crippen LogP contribution in [-0.2, 0) is 0 Å². The largest absolute Gasteiger partial charge is 0.358 e. The molecular weight excluding hydrogens is 292 g/mol. The van der Waals surface area contributed by atoms with E-state index in [1.165, 1.54) is 11.3 Å². The van der Waals surface area contributed by atoms with Crippen molar-refractivity contribution in [2.45, 2.75) is 13.8 Å². The monoisotopic (exact) mass is 306 g/mol. The Labute approximate surface area is 132 Å². The van der Waals surface area contributed by atoms with Crippen LogP contribution in [0.15, 0.2) is 41.3 Å². The third-order valence-electron chi connectivity index (χ3n) is 3.66. The summed E-state index contributed by atoms with van der Waals surface area (Å²) in [4.78, 5) is 17.0. The number of ketones is 1. The van der Waals surface area contributed by atoms with E-state index in [0.717, 1.165) is 27.0 Å². The fourth-order valence-electron chi connectivity index (χ4n) is 2.52. The quantitative estimate of drug-likeness (QED) is 0.435. The molecule has 0 spiro atoms. The number of hydrogen-bond donors (Lipinski definition) is 1. The molecule has 1 aromatic carbocycles. The molecule has 0 aliphatic heterocycles. The molecule has 0 unspecified atom stereocenters. The summed E-state index contributed by atoms with van der Waals surface area (Å²) < 4.78 is 0. The van der Waals surface area contributed by atoms with Gasteiger partial charge in [0.05, 0.1) is 5.56 Å². The maximum Gasteiger partial charge on any atom is 0.206 e. The van der Waals surface area contributed by atoms with Gasteiger partial charge in [0.2, 0.25) is 5.78 Å². The predicted molar refractivity (Wildman–Crippen MR) is 90.0 cm³/mol. The molecule has 0 atom stereocenters. The van der Waals surface area contributed by atoms with Crippen molar-refractivity contribution in [3.63, 3.8) is 0 Å². The first-order chi connectivity index (χ1) is 10.6. The van der Waals surface area contributed by atoms with Gasteiger partial charge >= 0.3 is 0 Å². The molecule has 0 bridgehead atoms. The van der Waals surface area contributed by atoms with Crippen molar-refractivity contribution in [2.75, 3.05) is 0 Å². The Kier molecular flexibility index (Phi) is 3.66. The second-order valence-corrected chi connectivity index (χ2v) is 6.09. The number of aromatic nitrogens is 1. The highest BCUT2D eigenvalue weighted by atomic mass is 32.1. The summed E-state index contributed by atoms with van der Waals surface area (Å²) in [7, 11) is 0. The van der Waals surface area contributed by atoms with Crippen LogP contribution in [0.2, 0.25) is 0 Å². The molecule has 3 rings (SSSR count). The Bertz CT molecular complexity index is 938. The highest BCUT2D eigenvalue weighted by Crippen LogP contribution is 2.26. The molecule has 2 heterocycles. The van der Waals surface area contributed by atoms with E-state index in [2.05, 4.69) is 11.1 Å². The topological polar surface area (TPSA) is 56.6 Å². The summed E-state index contributed by atoms with van der Waals surface area (Å²) in [5.41, 5.74) is 3.51. The molecule has 0 fully saturated rings. The molecule has 0 amide bonds. The molecule has 0 aliphatic rings. The number of para-hydroxylation sites is 1. The molecule has 1 N–H and O–H groups in total. The summed E-state index contributed by atoms with van der Waals surface area (Å²) >= 11 is 1.53. The van der Waals surface area contributed by atoms with Crippen LogP contribution in [0.25, 0.3) is 17.0 Å². The fourth-order valence-corrected chi connectivity index (χ4v) is 3.37. The average molecular weight is 306 g/mol. The number of nitriles is 1. The van der Waals surface area contributed by atoms with Gasteiger partial charge in [0, 0.05) is 21.5 Å². The van der Waals surface area contributed by atoms with Crippen molar-refractivity contribution < 1.29 is 4.79 Å². The fraction of sp³-hybridized carbons (Fsp3) is 0.111. The highest BCUT2D eigenvalue weighted by molar-refractivity contribution is 7.11. The number of allylic oxidation sites excluding steroid dienone is 1. The van der Waals surface area contributed by atoms with Gasteiger partial charge in [-0.2, -0.15) is 5.26 Å². The SMILES string of the molecule is Cc1ccsc1C=C(C#N)C(=O)c1c(C)[nH]c2ccccc12. The first-order valence-electron chi connectivity index (χ1n) is 6.89. The van der Waals surface area contributed by atoms with Crippen LogP contribution in [0.3, 0.4) is 0 Å². The molecule has 108 valence electrons. The first kappa shape index (κ1) is 14.3. The van der Waals surface area contributed by atoms with E-state index in [-0.39, 0.29) is 11.4 Å². The molecule has 4 heteroatoms. The van der Waals surface area contributed by atoms with Crippen molar-refractivity contribution in [1.29, 1.82) is 5.26 Å². The zero-order chi connectivity index (χ0) is 15.7. The number of nitrogens with one attached hydrogen (secondary N) is 1. The summed E-state index contributed by atoms with van der Waals surface area (Å²) in [6.45, 7) is 3.83. The number of H-pyrrole nitrogens is 1. The smallest absolute Gasteiger partial charge is 0.206 e. The van der Waals surface area contributed by atoms with Crippen LogP contribution in [-0.4, -0.2) is 10.8 Å². The molecule has 0 saturated heterocycles. The van der Waals surface area contributed by atoms with Crippen LogP contribution >= 0.6 is 11.3 Å². The zero-order valence-corrected chi connectivity index (χ0v) is 13.1. The molecule has 0 radical (unpaired) electrons. The van der Waals surface area contributed by atoms with Gasteiger partial charge in [0.1, 0.15) is 11.6 Å². The lowest BCUT2D eigenvalue weighted by atomic mass is 10.0. The Balaban J connectivity index is 2.12. The Hall–Kier alpha value is -2.64. The number of fused-ring (bicyclic) bond motifs is 1. The number of carbonyl (C=O) groups excluding carboxylic acids is 1. The molecule has 0 saturated carbocycles. The maximum absolute atomic E-state index is 12.8. The molecule has 0 aliphatic carbocycles. The van der Waals surface area contributed by atoms with Crippen molar-refractivity contribution >= 4 is 34.1 Å². The highest BCUT2D eigenvalue weighted by Gasteiger charge is 2.19. The lowest BCUT2D eigenvalue weighted by Crippen LogP contribution is -2.03. The number of hydrogen-bond acceptors (Lipinski definition) is 3. The normalized spacial score (nSPS) is 11.6. The lowest BCUT2D eigenvalue weighted by Gasteiger charge is -2.00. The number of rotatable bonds is 3. The van der Waals surface area contributed by atoms with E-state index < -0.39 is 0 Å². The minimum atomic E-state index is -0.231. The summed E-state index contributed by atoms with van der Waals surface area (Å²) in [6, 6.07) is 11.7. The van der Waals surface area contributed by atoms with E-state index >= 15 is 0 Å². The average Bonchev–Trinajstić information content (AvgIpc) is 3.06. The Morgan fingerprint density at radius 1 is 1.27 bits per heavy atom. The van der Waals surface area contributed by atoms with Gasteiger partial charge in [0.25, 0.3) is 0 Å². The van der Waals surface area contributed by atoms with Gasteiger partial charge in [-0.05, 0) is 43.0 Å². The predicted octanol–water partition coefficient (Wildman–Crippen LogP) is 4.64. The number of Topliss-reactive ketones (excluding diaryl/α,β-unsaturated/α-hetero) is 1. The molecular formula is C18H14N2OS. The van der Waals surface area contributed by atoms with Gasteiger partial charge in [-0.3, -0.25) is 4.79 Å². The number of carbonyl (C=O) groups is 1. The number of aryl methyl sites for hydroxylation is 2. The Morgan fingerprint density at radius 3 is 2.73 bits per heavy atom. The maximum atomic E-state index is 12.8. The first-order valence-corrected chi connectivity index (χ1v) is 7.77. The van der Waals surface area contributed by atoms with Crippen molar-refractivity contribution in [3.8, 4) is 6.07 Å². The van der Waals surface area contributed by atoms with Crippen LogP contribution in [0.1, 0.15) is 26.5 Å². The van der Waals surface area contributed by atoms with E-state index in [9.17, 15) is 10.1 Å². The third kappa shape index (κ3) is 2.36. The van der Waals surface area contributed by atoms with E-state index in [1.54, 1.807) is 6.08 Å². The van der Waals surface area contributed by atoms with E-state index in [0.29, 0.717) is 5.56 Å². The van der Waals surface area contributed by atoms with Gasteiger partial charge in [-0.25, -0.2) is 0 Å². The summed E-state index contributed by atoms with van der Waals surface area (Å²) in [6.07, 6.45) is 1.68. The van der Waals surface area contributed by atoms with Crippen LogP contribution in [0.4, 0.5) is 0 Å². The number of nitrogens with zero attached hydrogens (tertiary/aromatic N) is 1. The molecule has 3 aromatic rings. The van der Waals surface area contributed by atoms with Gasteiger partial charge in [-0.1, -0.05) is 18.2 Å². The summed E-state index contributed by atoms with van der Waals surface area (Å²) in [5, 5.41) is 12.2. The van der Waals surface area contributed by atoms with E-state index in [1.807, 2.05) is 49.6 Å². The Morgan fingerprint density at radius 2 is 2.05 bits per heavy atom. The van der Waals surface area contributed by atoms with Gasteiger partial charge < -0.3 is 4.98 Å². The second kappa shape index (κ2) is 5.63. The molecule has 2 aromatic heterocycles. The molecule has 22 heavy (non-hydrogen) atoms. The number of thiophene rings is 1. The third-order valence-corrected chi connectivity index (χ3v) is 4.63. The van der Waals surface area contributed by atoms with Crippen LogP contribution < -0.4 is 0 Å². The second-order valence-electron chi connectivity index (χ2n) is 5.14. The number of aromatic amines is 1. The number of benzene rings is 1. The minimum absolute atomic E-state index is 0.165. The van der Waals surface area contributed by atoms with Crippen molar-refractivity contribution in [3.05, 3.63) is 63.0 Å². The van der Waals surface area contributed by atoms with E-state index in [4.69, 9.17) is 0 Å².